The van der Waals surface area contributed by atoms with E-state index in [2.05, 4.69) is 54.8 Å². The van der Waals surface area contributed by atoms with E-state index in [9.17, 15) is 72.9 Å². The quantitative estimate of drug-likeness (QED) is 0.0482. The number of aliphatic hydroxyl groups excluding tert-OH is 2. The number of amides is 12. The number of phenols is 1. The first-order chi connectivity index (χ1) is 34.2. The molecule has 12 amide bonds. The number of nitrogens with two attached hydrogens (primary N) is 3. The zero-order chi connectivity index (χ0) is 53.8. The third-order valence-electron chi connectivity index (χ3n) is 11.1. The van der Waals surface area contributed by atoms with Crippen LogP contribution in [-0.2, 0) is 64.0 Å². The van der Waals surface area contributed by atoms with Crippen LogP contribution >= 0.6 is 0 Å². The molecule has 1 aliphatic heterocycles. The molecule has 0 saturated carbocycles. The minimum atomic E-state index is -1.95. The second-order valence-electron chi connectivity index (χ2n) is 17.2. The smallest absolute Gasteiger partial charge is 0.245 e. The second-order valence-corrected chi connectivity index (χ2v) is 17.2. The maximum atomic E-state index is 13.9. The summed E-state index contributed by atoms with van der Waals surface area (Å²) in [6.07, 6.45) is 5.91. The molecule has 0 radical (unpaired) electrons. The first kappa shape index (κ1) is 60.7. The molecule has 27 heteroatoms. The van der Waals surface area contributed by atoms with Gasteiger partial charge in [-0.1, -0.05) is 76.8 Å². The molecule has 1 fully saturated rings. The van der Waals surface area contributed by atoms with Crippen LogP contribution in [0.5, 0.6) is 5.75 Å². The predicted molar refractivity (Wildman–Crippen MR) is 253 cm³/mol. The van der Waals surface area contributed by atoms with Crippen LogP contribution in [0.25, 0.3) is 0 Å². The van der Waals surface area contributed by atoms with Crippen molar-refractivity contribution in [3.05, 3.63) is 29.8 Å². The van der Waals surface area contributed by atoms with Crippen molar-refractivity contribution in [2.24, 2.45) is 17.2 Å². The van der Waals surface area contributed by atoms with E-state index in [0.29, 0.717) is 12.0 Å². The number of carbonyl (C=O) groups is 12. The summed E-state index contributed by atoms with van der Waals surface area (Å²) >= 11 is 0. The second kappa shape index (κ2) is 32.5. The summed E-state index contributed by atoms with van der Waals surface area (Å²) in [7, 11) is 0. The highest BCUT2D eigenvalue weighted by Gasteiger charge is 2.35. The Morgan fingerprint density at radius 3 is 1.44 bits per heavy atom. The molecule has 2 rings (SSSR count). The average molecular weight is 1020 g/mol. The van der Waals surface area contributed by atoms with Crippen LogP contribution in [0.15, 0.2) is 24.3 Å². The van der Waals surface area contributed by atoms with Gasteiger partial charge in [-0.05, 0) is 24.1 Å². The van der Waals surface area contributed by atoms with E-state index in [0.717, 1.165) is 44.9 Å². The third kappa shape index (κ3) is 23.5. The number of hydrogen-bond donors (Lipinski definition) is 15. The molecular weight excluding hydrogens is 949 g/mol. The van der Waals surface area contributed by atoms with E-state index in [-0.39, 0.29) is 18.7 Å². The first-order valence-electron chi connectivity index (χ1n) is 23.7. The van der Waals surface area contributed by atoms with Crippen molar-refractivity contribution >= 4 is 70.9 Å². The molecule has 1 saturated heterocycles. The molecule has 1 aromatic carbocycles. The molecule has 1 aliphatic rings. The van der Waals surface area contributed by atoms with Crippen LogP contribution in [-0.4, -0.2) is 155 Å². The SMILES string of the molecule is CCCCCCCCCCCCNC(=O)[C@@H]1CC(=O)N[C@H](CO)C(=O)N[C@H](Cc2ccc(O)cc2)C(=O)N[C@@H](CC(N)=O)C(=O)NCC(=O)N[C@@H](CC(N)=O)C(=O)N[C@@H](CO)C(=O)N[C@@H](CC(N)=O)C(=O)N1. The molecule has 27 nitrogen and oxygen atoms in total. The molecule has 1 aromatic rings. The van der Waals surface area contributed by atoms with Crippen molar-refractivity contribution in [3.8, 4) is 5.75 Å². The van der Waals surface area contributed by atoms with Gasteiger partial charge in [-0.25, -0.2) is 0 Å². The van der Waals surface area contributed by atoms with E-state index < -0.39 is 159 Å². The summed E-state index contributed by atoms with van der Waals surface area (Å²) in [4.78, 5) is 158. The number of aliphatic hydroxyl groups is 2. The standard InChI is InChI=1S/C45H70N12O15/c1-2-3-4-5-6-7-8-9-10-11-16-49-39(66)31-21-37(64)52-32(23-58)44(71)53-27(17-25-12-14-26(60)15-13-25)41(68)54-28(18-34(46)61)40(67)50-22-38(65)51-29(19-35(47)62)42(69)57-33(24-59)45(72)55-30(20-36(48)63)43(70)56-31/h12-15,27-33,58-60H,2-11,16-24H2,1H3,(H2,46,61)(H2,47,62)(H2,48,63)(H,49,66)(H,50,67)(H,51,65)(H,52,64)(H,53,71)(H,54,68)(H,55,72)(H,56,70)(H,57,69)/t27-,28+,29+,30+,31+,32-,33+/m1/s1. The van der Waals surface area contributed by atoms with Gasteiger partial charge in [0.15, 0.2) is 0 Å². The molecule has 1 heterocycles. The number of nitrogens with one attached hydrogen (secondary N) is 9. The van der Waals surface area contributed by atoms with Crippen LogP contribution in [0, 0.1) is 0 Å². The molecule has 0 spiro atoms. The van der Waals surface area contributed by atoms with Gasteiger partial charge < -0.3 is 80.4 Å². The van der Waals surface area contributed by atoms with Gasteiger partial charge >= 0.3 is 0 Å². The van der Waals surface area contributed by atoms with E-state index >= 15 is 0 Å². The Kier molecular flexibility index (Phi) is 27.4. The molecule has 7 atom stereocenters. The summed E-state index contributed by atoms with van der Waals surface area (Å²) in [6, 6.07) is -7.58. The van der Waals surface area contributed by atoms with Gasteiger partial charge in [0.2, 0.25) is 70.9 Å². The van der Waals surface area contributed by atoms with Gasteiger partial charge in [-0.15, -0.1) is 0 Å². The van der Waals surface area contributed by atoms with Crippen molar-refractivity contribution in [1.29, 1.82) is 0 Å². The maximum Gasteiger partial charge on any atom is 0.245 e. The monoisotopic (exact) mass is 1020 g/mol. The van der Waals surface area contributed by atoms with Crippen molar-refractivity contribution in [1.82, 2.24) is 47.9 Å². The van der Waals surface area contributed by atoms with Crippen LogP contribution in [0.4, 0.5) is 0 Å². The Labute approximate surface area is 415 Å². The molecule has 400 valence electrons. The van der Waals surface area contributed by atoms with Gasteiger partial charge in [-0.2, -0.15) is 0 Å². The fraction of sp³-hybridized carbons (Fsp3) is 0.600. The Bertz CT molecular complexity index is 2060. The van der Waals surface area contributed by atoms with Crippen molar-refractivity contribution in [2.75, 3.05) is 26.3 Å². The largest absolute Gasteiger partial charge is 0.508 e. The van der Waals surface area contributed by atoms with Crippen LogP contribution in [0.2, 0.25) is 0 Å². The number of phenolic OH excluding ortho intramolecular Hbond substituents is 1. The third-order valence-corrected chi connectivity index (χ3v) is 11.1. The first-order valence-corrected chi connectivity index (χ1v) is 23.7. The number of aromatic hydroxyl groups is 1. The van der Waals surface area contributed by atoms with Gasteiger partial charge in [0.1, 0.15) is 48.0 Å². The number of carbonyl (C=O) groups excluding carboxylic acids is 12. The van der Waals surface area contributed by atoms with Crippen molar-refractivity contribution < 1.29 is 72.9 Å². The fourth-order valence-corrected chi connectivity index (χ4v) is 7.19. The molecule has 0 bridgehead atoms. The number of primary amides is 3. The van der Waals surface area contributed by atoms with Crippen molar-refractivity contribution in [3.63, 3.8) is 0 Å². The molecular formula is C45H70N12O15. The van der Waals surface area contributed by atoms with Crippen LogP contribution in [0.1, 0.15) is 102 Å². The minimum absolute atomic E-state index is 0.0912. The summed E-state index contributed by atoms with van der Waals surface area (Å²) < 4.78 is 0. The topological polar surface area (TPSA) is 452 Å². The van der Waals surface area contributed by atoms with E-state index in [1.807, 2.05) is 0 Å². The number of rotatable bonds is 22. The number of hydrogen-bond acceptors (Lipinski definition) is 15. The van der Waals surface area contributed by atoms with Gasteiger partial charge in [-0.3, -0.25) is 57.5 Å². The number of unbranched alkanes of at least 4 members (excludes halogenated alkanes) is 9. The summed E-state index contributed by atoms with van der Waals surface area (Å²) in [6.45, 7) is -1.03. The molecule has 0 aliphatic carbocycles. The molecule has 0 unspecified atom stereocenters. The Morgan fingerprint density at radius 1 is 0.528 bits per heavy atom. The summed E-state index contributed by atoms with van der Waals surface area (Å²) in [5.41, 5.74) is 16.3. The lowest BCUT2D eigenvalue weighted by atomic mass is 10.0. The van der Waals surface area contributed by atoms with Gasteiger partial charge in [0.05, 0.1) is 45.4 Å². The number of benzene rings is 1. The lowest BCUT2D eigenvalue weighted by molar-refractivity contribution is -0.137. The minimum Gasteiger partial charge on any atom is -0.508 e. The molecule has 0 aromatic heterocycles. The van der Waals surface area contributed by atoms with E-state index in [4.69, 9.17) is 17.2 Å². The highest BCUT2D eigenvalue weighted by atomic mass is 16.3. The Balaban J connectivity index is 2.58. The highest BCUT2D eigenvalue weighted by Crippen LogP contribution is 2.13. The van der Waals surface area contributed by atoms with Crippen LogP contribution in [0.3, 0.4) is 0 Å². The predicted octanol–water partition coefficient (Wildman–Crippen LogP) is -5.50. The molecule has 72 heavy (non-hydrogen) atoms. The Morgan fingerprint density at radius 2 is 0.931 bits per heavy atom. The molecule has 18 N–H and O–H groups in total. The van der Waals surface area contributed by atoms with Crippen molar-refractivity contribution in [2.45, 2.75) is 146 Å². The van der Waals surface area contributed by atoms with Crippen LogP contribution < -0.4 is 65.1 Å². The van der Waals surface area contributed by atoms with E-state index in [1.165, 1.54) is 37.1 Å². The highest BCUT2D eigenvalue weighted by molar-refractivity contribution is 6.00. The zero-order valence-corrected chi connectivity index (χ0v) is 40.3. The normalized spacial score (nSPS) is 22.4. The lowest BCUT2D eigenvalue weighted by Gasteiger charge is -2.26. The zero-order valence-electron chi connectivity index (χ0n) is 40.3. The van der Waals surface area contributed by atoms with Gasteiger partial charge in [0, 0.05) is 13.0 Å². The van der Waals surface area contributed by atoms with Gasteiger partial charge in [0.25, 0.3) is 0 Å². The Hall–Kier alpha value is -7.42. The maximum absolute atomic E-state index is 13.9. The summed E-state index contributed by atoms with van der Waals surface area (Å²) in [5, 5.41) is 50.3. The van der Waals surface area contributed by atoms with E-state index in [1.54, 1.807) is 0 Å². The summed E-state index contributed by atoms with van der Waals surface area (Å²) in [5.74, 6) is -14.2. The average Bonchev–Trinajstić information content (AvgIpc) is 3.31. The lowest BCUT2D eigenvalue weighted by Crippen LogP contribution is -2.60. The fourth-order valence-electron chi connectivity index (χ4n) is 7.19.